The Morgan fingerprint density at radius 3 is 2.67 bits per heavy atom. The zero-order chi connectivity index (χ0) is 17.6. The lowest BCUT2D eigenvalue weighted by Crippen LogP contribution is -2.44. The SMILES string of the molecule is Cc1cccc(S(=O)(=O)NC2(/C=C\CCCC(=O)O)CCCC2)c1. The second-order valence-electron chi connectivity index (χ2n) is 6.47. The number of nitrogens with one attached hydrogen (secondary N) is 1. The molecule has 2 rings (SSSR count). The molecule has 1 aliphatic carbocycles. The topological polar surface area (TPSA) is 83.5 Å². The van der Waals surface area contributed by atoms with E-state index in [9.17, 15) is 13.2 Å². The number of aliphatic carboxylic acids is 1. The summed E-state index contributed by atoms with van der Waals surface area (Å²) >= 11 is 0. The molecule has 0 heterocycles. The van der Waals surface area contributed by atoms with Crippen LogP contribution in [0.25, 0.3) is 0 Å². The molecule has 1 aromatic rings. The van der Waals surface area contributed by atoms with Gasteiger partial charge in [-0.15, -0.1) is 0 Å². The molecule has 24 heavy (non-hydrogen) atoms. The van der Waals surface area contributed by atoms with E-state index >= 15 is 0 Å². The van der Waals surface area contributed by atoms with Crippen molar-refractivity contribution in [3.8, 4) is 0 Å². The smallest absolute Gasteiger partial charge is 0.303 e. The molecule has 0 spiro atoms. The Kier molecular flexibility index (Phi) is 6.18. The lowest BCUT2D eigenvalue weighted by Gasteiger charge is -2.26. The van der Waals surface area contributed by atoms with E-state index < -0.39 is 21.5 Å². The van der Waals surface area contributed by atoms with Crippen LogP contribution >= 0.6 is 0 Å². The average Bonchev–Trinajstić information content (AvgIpc) is 2.94. The molecular formula is C18H25NO4S. The first-order valence-corrected chi connectivity index (χ1v) is 9.81. The molecule has 0 aromatic heterocycles. The molecule has 1 fully saturated rings. The normalized spacial score (nSPS) is 17.4. The van der Waals surface area contributed by atoms with Crippen LogP contribution < -0.4 is 4.72 Å². The summed E-state index contributed by atoms with van der Waals surface area (Å²) in [6, 6.07) is 6.88. The van der Waals surface area contributed by atoms with Gasteiger partial charge in [0.2, 0.25) is 10.0 Å². The van der Waals surface area contributed by atoms with Crippen LogP contribution in [0.1, 0.15) is 50.5 Å². The highest BCUT2D eigenvalue weighted by Gasteiger charge is 2.35. The molecule has 0 radical (unpaired) electrons. The number of rotatable bonds is 8. The standard InChI is InChI=1S/C18H25NO4S/c1-15-8-7-9-16(14-15)24(22,23)19-18(12-5-6-13-18)11-4-2-3-10-17(20)21/h4,7-9,11,14,19H,2-3,5-6,10,12-13H2,1H3,(H,20,21)/b11-4-. The molecule has 5 nitrogen and oxygen atoms in total. The Hall–Kier alpha value is -1.66. The van der Waals surface area contributed by atoms with Crippen molar-refractivity contribution in [2.45, 2.75) is 62.3 Å². The molecule has 132 valence electrons. The van der Waals surface area contributed by atoms with E-state index in [1.165, 1.54) is 0 Å². The number of aryl methyl sites for hydroxylation is 1. The second kappa shape index (κ2) is 7.94. The summed E-state index contributed by atoms with van der Waals surface area (Å²) in [6.07, 6.45) is 8.67. The third-order valence-corrected chi connectivity index (χ3v) is 5.88. The van der Waals surface area contributed by atoms with Gasteiger partial charge in [-0.05, 0) is 50.3 Å². The lowest BCUT2D eigenvalue weighted by molar-refractivity contribution is -0.137. The van der Waals surface area contributed by atoms with Crippen LogP contribution in [-0.2, 0) is 14.8 Å². The van der Waals surface area contributed by atoms with Crippen LogP contribution in [0.3, 0.4) is 0 Å². The van der Waals surface area contributed by atoms with Crippen LogP contribution in [0.15, 0.2) is 41.3 Å². The molecule has 6 heteroatoms. The molecule has 0 aliphatic heterocycles. The summed E-state index contributed by atoms with van der Waals surface area (Å²) in [6.45, 7) is 1.87. The van der Waals surface area contributed by atoms with Crippen LogP contribution in [0, 0.1) is 6.92 Å². The number of unbranched alkanes of at least 4 members (excludes halogenated alkanes) is 1. The summed E-state index contributed by atoms with van der Waals surface area (Å²) in [5.41, 5.74) is 0.355. The van der Waals surface area contributed by atoms with Crippen molar-refractivity contribution < 1.29 is 18.3 Å². The van der Waals surface area contributed by atoms with Crippen LogP contribution in [0.5, 0.6) is 0 Å². The second-order valence-corrected chi connectivity index (χ2v) is 8.16. The minimum atomic E-state index is -3.58. The molecule has 0 atom stereocenters. The van der Waals surface area contributed by atoms with Gasteiger partial charge in [0.05, 0.1) is 10.4 Å². The quantitative estimate of drug-likeness (QED) is 0.555. The van der Waals surface area contributed by atoms with Gasteiger partial charge in [0.15, 0.2) is 0 Å². The molecule has 2 N–H and O–H groups in total. The molecule has 0 bridgehead atoms. The highest BCUT2D eigenvalue weighted by atomic mass is 32.2. The number of hydrogen-bond acceptors (Lipinski definition) is 3. The summed E-state index contributed by atoms with van der Waals surface area (Å²) < 4.78 is 28.3. The fraction of sp³-hybridized carbons (Fsp3) is 0.500. The van der Waals surface area contributed by atoms with Crippen molar-refractivity contribution in [1.29, 1.82) is 0 Å². The number of sulfonamides is 1. The van der Waals surface area contributed by atoms with Gasteiger partial charge in [-0.1, -0.05) is 37.1 Å². The van der Waals surface area contributed by atoms with Crippen molar-refractivity contribution in [3.05, 3.63) is 42.0 Å². The van der Waals surface area contributed by atoms with Crippen LogP contribution in [0.2, 0.25) is 0 Å². The Balaban J connectivity index is 2.10. The number of allylic oxidation sites excluding steroid dienone is 1. The van der Waals surface area contributed by atoms with E-state index in [0.717, 1.165) is 31.2 Å². The lowest BCUT2D eigenvalue weighted by atomic mass is 9.98. The van der Waals surface area contributed by atoms with Gasteiger partial charge in [-0.2, -0.15) is 0 Å². The number of carboxylic acid groups (broad SMARTS) is 1. The minimum Gasteiger partial charge on any atom is -0.481 e. The highest BCUT2D eigenvalue weighted by Crippen LogP contribution is 2.33. The fourth-order valence-electron chi connectivity index (χ4n) is 3.10. The maximum Gasteiger partial charge on any atom is 0.303 e. The summed E-state index contributed by atoms with van der Waals surface area (Å²) in [7, 11) is -3.58. The monoisotopic (exact) mass is 351 g/mol. The Labute approximate surface area is 143 Å². The van der Waals surface area contributed by atoms with Gasteiger partial charge in [-0.25, -0.2) is 13.1 Å². The minimum absolute atomic E-state index is 0.131. The van der Waals surface area contributed by atoms with Crippen molar-refractivity contribution in [3.63, 3.8) is 0 Å². The summed E-state index contributed by atoms with van der Waals surface area (Å²) in [5, 5.41) is 8.66. The first-order valence-electron chi connectivity index (χ1n) is 8.33. The van der Waals surface area contributed by atoms with E-state index in [1.807, 2.05) is 25.1 Å². The number of carbonyl (C=O) groups is 1. The first kappa shape index (κ1) is 18.7. The largest absolute Gasteiger partial charge is 0.481 e. The Morgan fingerprint density at radius 2 is 2.04 bits per heavy atom. The van der Waals surface area contributed by atoms with E-state index in [4.69, 9.17) is 5.11 Å². The Bertz CT molecular complexity index is 703. The van der Waals surface area contributed by atoms with Crippen molar-refractivity contribution >= 4 is 16.0 Å². The fourth-order valence-corrected chi connectivity index (χ4v) is 4.62. The predicted octanol–water partition coefficient (Wildman–Crippen LogP) is 3.40. The maximum atomic E-state index is 12.7. The highest BCUT2D eigenvalue weighted by molar-refractivity contribution is 7.89. The molecule has 1 saturated carbocycles. The molecule has 1 aliphatic rings. The van der Waals surface area contributed by atoms with Gasteiger partial charge in [0.1, 0.15) is 0 Å². The molecule has 0 unspecified atom stereocenters. The molecule has 1 aromatic carbocycles. The summed E-state index contributed by atoms with van der Waals surface area (Å²) in [4.78, 5) is 10.8. The summed E-state index contributed by atoms with van der Waals surface area (Å²) in [5.74, 6) is -0.806. The predicted molar refractivity (Wildman–Crippen MR) is 93.3 cm³/mol. The first-order chi connectivity index (χ1) is 11.3. The van der Waals surface area contributed by atoms with E-state index in [-0.39, 0.29) is 11.3 Å². The van der Waals surface area contributed by atoms with Crippen LogP contribution in [0.4, 0.5) is 0 Å². The van der Waals surface area contributed by atoms with E-state index in [2.05, 4.69) is 4.72 Å². The van der Waals surface area contributed by atoms with Crippen molar-refractivity contribution in [2.24, 2.45) is 0 Å². The third-order valence-electron chi connectivity index (χ3n) is 4.33. The van der Waals surface area contributed by atoms with Crippen molar-refractivity contribution in [2.75, 3.05) is 0 Å². The zero-order valence-corrected chi connectivity index (χ0v) is 14.8. The number of hydrogen-bond donors (Lipinski definition) is 2. The average molecular weight is 351 g/mol. The molecular weight excluding hydrogens is 326 g/mol. The zero-order valence-electron chi connectivity index (χ0n) is 14.0. The third kappa shape index (κ3) is 5.18. The number of carboxylic acids is 1. The number of benzene rings is 1. The van der Waals surface area contributed by atoms with Crippen LogP contribution in [-0.4, -0.2) is 25.0 Å². The van der Waals surface area contributed by atoms with E-state index in [1.54, 1.807) is 18.2 Å². The van der Waals surface area contributed by atoms with Gasteiger partial charge >= 0.3 is 5.97 Å². The van der Waals surface area contributed by atoms with Gasteiger partial charge in [0, 0.05) is 6.42 Å². The van der Waals surface area contributed by atoms with E-state index in [0.29, 0.717) is 12.8 Å². The molecule has 0 amide bonds. The Morgan fingerprint density at radius 1 is 1.33 bits per heavy atom. The maximum absolute atomic E-state index is 12.7. The molecule has 0 saturated heterocycles. The van der Waals surface area contributed by atoms with Gasteiger partial charge in [0.25, 0.3) is 0 Å². The van der Waals surface area contributed by atoms with Crippen molar-refractivity contribution in [1.82, 2.24) is 4.72 Å². The van der Waals surface area contributed by atoms with Gasteiger partial charge in [-0.3, -0.25) is 4.79 Å². The van der Waals surface area contributed by atoms with Gasteiger partial charge < -0.3 is 5.11 Å².